The zero-order valence-corrected chi connectivity index (χ0v) is 16.4. The molecule has 2 aliphatic rings. The standard InChI is InChI=1S/C19H34N4O3/c1-4-14-12-23(19(26)21-13(2)3)10-7-16(14)11-17(24)22-8-5-15(6-9-22)18(20)25/h13-16H,4-12H2,1-3H3,(H2,20,25)(H,21,26)/t14-,16-/m0/s1. The Morgan fingerprint density at radius 2 is 1.65 bits per heavy atom. The molecule has 7 nitrogen and oxygen atoms in total. The van der Waals surface area contributed by atoms with Gasteiger partial charge in [0.15, 0.2) is 0 Å². The second kappa shape index (κ2) is 9.24. The molecule has 2 heterocycles. The number of amides is 4. The second-order valence-corrected chi connectivity index (χ2v) is 8.03. The van der Waals surface area contributed by atoms with E-state index in [9.17, 15) is 14.4 Å². The normalized spacial score (nSPS) is 24.6. The number of likely N-dealkylation sites (tertiary alicyclic amines) is 2. The van der Waals surface area contributed by atoms with Gasteiger partial charge in [-0.25, -0.2) is 4.79 Å². The number of nitrogens with two attached hydrogens (primary N) is 1. The zero-order valence-electron chi connectivity index (χ0n) is 16.4. The van der Waals surface area contributed by atoms with Gasteiger partial charge in [-0.1, -0.05) is 13.3 Å². The monoisotopic (exact) mass is 366 g/mol. The van der Waals surface area contributed by atoms with Crippen LogP contribution in [0.2, 0.25) is 0 Å². The van der Waals surface area contributed by atoms with Gasteiger partial charge in [-0.15, -0.1) is 0 Å². The smallest absolute Gasteiger partial charge is 0.317 e. The van der Waals surface area contributed by atoms with Crippen molar-refractivity contribution in [3.63, 3.8) is 0 Å². The summed E-state index contributed by atoms with van der Waals surface area (Å²) in [5.74, 6) is 0.509. The molecule has 2 fully saturated rings. The first kappa shape index (κ1) is 20.5. The highest BCUT2D eigenvalue weighted by Crippen LogP contribution is 2.30. The largest absolute Gasteiger partial charge is 0.369 e. The Labute approximate surface area is 156 Å². The fourth-order valence-corrected chi connectivity index (χ4v) is 4.10. The molecule has 0 aromatic heterocycles. The van der Waals surface area contributed by atoms with Gasteiger partial charge in [0.2, 0.25) is 11.8 Å². The fourth-order valence-electron chi connectivity index (χ4n) is 4.10. The molecular weight excluding hydrogens is 332 g/mol. The Kier molecular flexibility index (Phi) is 7.29. The second-order valence-electron chi connectivity index (χ2n) is 8.03. The summed E-state index contributed by atoms with van der Waals surface area (Å²) in [5, 5.41) is 2.95. The van der Waals surface area contributed by atoms with Crippen molar-refractivity contribution >= 4 is 17.8 Å². The van der Waals surface area contributed by atoms with Crippen molar-refractivity contribution < 1.29 is 14.4 Å². The van der Waals surface area contributed by atoms with Gasteiger partial charge in [0.25, 0.3) is 0 Å². The minimum atomic E-state index is -0.254. The molecule has 4 amide bonds. The van der Waals surface area contributed by atoms with Crippen LogP contribution in [-0.2, 0) is 9.59 Å². The van der Waals surface area contributed by atoms with Gasteiger partial charge in [0.05, 0.1) is 0 Å². The number of hydrogen-bond acceptors (Lipinski definition) is 3. The van der Waals surface area contributed by atoms with Crippen LogP contribution in [-0.4, -0.2) is 59.9 Å². The Balaban J connectivity index is 1.84. The number of rotatable bonds is 5. The molecule has 0 spiro atoms. The number of primary amides is 1. The van der Waals surface area contributed by atoms with E-state index in [1.807, 2.05) is 23.6 Å². The molecule has 2 rings (SSSR count). The molecule has 7 heteroatoms. The minimum absolute atomic E-state index is 0.00301. The van der Waals surface area contributed by atoms with Gasteiger partial charge in [-0.3, -0.25) is 9.59 Å². The van der Waals surface area contributed by atoms with Gasteiger partial charge in [-0.05, 0) is 44.9 Å². The maximum Gasteiger partial charge on any atom is 0.317 e. The van der Waals surface area contributed by atoms with E-state index < -0.39 is 0 Å². The lowest BCUT2D eigenvalue weighted by Crippen LogP contribution is -2.50. The van der Waals surface area contributed by atoms with E-state index in [-0.39, 0.29) is 29.8 Å². The molecule has 0 radical (unpaired) electrons. The van der Waals surface area contributed by atoms with Crippen LogP contribution in [0.3, 0.4) is 0 Å². The lowest BCUT2D eigenvalue weighted by molar-refractivity contribution is -0.136. The van der Waals surface area contributed by atoms with Crippen LogP contribution in [0.1, 0.15) is 52.9 Å². The number of carbonyl (C=O) groups excluding carboxylic acids is 3. The summed E-state index contributed by atoms with van der Waals surface area (Å²) in [7, 11) is 0. The zero-order chi connectivity index (χ0) is 19.3. The average molecular weight is 367 g/mol. The van der Waals surface area contributed by atoms with Crippen LogP contribution < -0.4 is 11.1 Å². The number of urea groups is 1. The van der Waals surface area contributed by atoms with Gasteiger partial charge in [0, 0.05) is 44.6 Å². The van der Waals surface area contributed by atoms with E-state index in [4.69, 9.17) is 5.73 Å². The van der Waals surface area contributed by atoms with Gasteiger partial charge in [0.1, 0.15) is 0 Å². The van der Waals surface area contributed by atoms with Crippen molar-refractivity contribution in [2.75, 3.05) is 26.2 Å². The van der Waals surface area contributed by atoms with Crippen molar-refractivity contribution in [3.8, 4) is 0 Å². The first-order chi connectivity index (χ1) is 12.3. The van der Waals surface area contributed by atoms with Crippen LogP contribution >= 0.6 is 0 Å². The number of nitrogens with one attached hydrogen (secondary N) is 1. The van der Waals surface area contributed by atoms with Gasteiger partial charge >= 0.3 is 6.03 Å². The van der Waals surface area contributed by atoms with Gasteiger partial charge < -0.3 is 20.9 Å². The van der Waals surface area contributed by atoms with Crippen LogP contribution in [0.5, 0.6) is 0 Å². The summed E-state index contributed by atoms with van der Waals surface area (Å²) in [5.41, 5.74) is 5.36. The SMILES string of the molecule is CC[C@H]1CN(C(=O)NC(C)C)CC[C@H]1CC(=O)N1CCC(C(N)=O)CC1. The Morgan fingerprint density at radius 1 is 1.04 bits per heavy atom. The third-order valence-corrected chi connectivity index (χ3v) is 5.80. The predicted octanol–water partition coefficient (Wildman–Crippen LogP) is 1.57. The lowest BCUT2D eigenvalue weighted by atomic mass is 9.81. The molecule has 3 N–H and O–H groups in total. The molecule has 0 unspecified atom stereocenters. The Morgan fingerprint density at radius 3 is 2.19 bits per heavy atom. The van der Waals surface area contributed by atoms with Crippen LogP contribution in [0.25, 0.3) is 0 Å². The molecule has 2 atom stereocenters. The molecule has 0 aromatic rings. The first-order valence-corrected chi connectivity index (χ1v) is 9.94. The van der Waals surface area contributed by atoms with Crippen LogP contribution in [0.4, 0.5) is 4.79 Å². The maximum atomic E-state index is 12.7. The topological polar surface area (TPSA) is 95.7 Å². The van der Waals surface area contributed by atoms with E-state index >= 15 is 0 Å². The molecule has 2 aliphatic heterocycles. The first-order valence-electron chi connectivity index (χ1n) is 9.94. The van der Waals surface area contributed by atoms with Crippen molar-refractivity contribution in [3.05, 3.63) is 0 Å². The minimum Gasteiger partial charge on any atom is -0.369 e. The number of nitrogens with zero attached hydrogens (tertiary/aromatic N) is 2. The highest BCUT2D eigenvalue weighted by atomic mass is 16.2. The summed E-state index contributed by atoms with van der Waals surface area (Å²) in [6, 6.07) is 0.127. The highest BCUT2D eigenvalue weighted by molar-refractivity contribution is 5.79. The van der Waals surface area contributed by atoms with Crippen LogP contribution in [0, 0.1) is 17.8 Å². The molecule has 148 valence electrons. The number of piperidine rings is 2. The summed E-state index contributed by atoms with van der Waals surface area (Å²) in [6.45, 7) is 8.72. The average Bonchev–Trinajstić information content (AvgIpc) is 2.61. The third-order valence-electron chi connectivity index (χ3n) is 5.80. The molecule has 0 aliphatic carbocycles. The summed E-state index contributed by atoms with van der Waals surface area (Å²) in [4.78, 5) is 39.9. The summed E-state index contributed by atoms with van der Waals surface area (Å²) < 4.78 is 0. The quantitative estimate of drug-likeness (QED) is 0.773. The van der Waals surface area contributed by atoms with E-state index in [1.54, 1.807) is 0 Å². The number of hydrogen-bond donors (Lipinski definition) is 2. The summed E-state index contributed by atoms with van der Waals surface area (Å²) >= 11 is 0. The van der Waals surface area contributed by atoms with Crippen molar-refractivity contribution in [2.24, 2.45) is 23.5 Å². The van der Waals surface area contributed by atoms with E-state index in [0.29, 0.717) is 50.7 Å². The molecule has 0 aromatic carbocycles. The Bertz CT molecular complexity index is 515. The van der Waals surface area contributed by atoms with E-state index in [2.05, 4.69) is 12.2 Å². The summed E-state index contributed by atoms with van der Waals surface area (Å²) in [6.07, 6.45) is 3.72. The predicted molar refractivity (Wildman–Crippen MR) is 100 cm³/mol. The third kappa shape index (κ3) is 5.35. The fraction of sp³-hybridized carbons (Fsp3) is 0.842. The number of carbonyl (C=O) groups is 3. The van der Waals surface area contributed by atoms with Gasteiger partial charge in [-0.2, -0.15) is 0 Å². The van der Waals surface area contributed by atoms with Crippen molar-refractivity contribution in [1.29, 1.82) is 0 Å². The van der Waals surface area contributed by atoms with Crippen molar-refractivity contribution in [2.45, 2.75) is 58.9 Å². The maximum absolute atomic E-state index is 12.7. The van der Waals surface area contributed by atoms with E-state index in [0.717, 1.165) is 19.4 Å². The molecule has 2 saturated heterocycles. The molecule has 0 saturated carbocycles. The van der Waals surface area contributed by atoms with Crippen LogP contribution in [0.15, 0.2) is 0 Å². The highest BCUT2D eigenvalue weighted by Gasteiger charge is 2.34. The molecular formula is C19H34N4O3. The van der Waals surface area contributed by atoms with Crippen molar-refractivity contribution in [1.82, 2.24) is 15.1 Å². The molecule has 0 bridgehead atoms. The Hall–Kier alpha value is -1.79. The van der Waals surface area contributed by atoms with E-state index in [1.165, 1.54) is 0 Å². The molecule has 26 heavy (non-hydrogen) atoms. The lowest BCUT2D eigenvalue weighted by Gasteiger charge is -2.39.